The molecule has 0 aliphatic heterocycles. The van der Waals surface area contributed by atoms with Gasteiger partial charge in [-0.25, -0.2) is 0 Å². The van der Waals surface area contributed by atoms with E-state index < -0.39 is 0 Å². The van der Waals surface area contributed by atoms with Gasteiger partial charge in [0, 0.05) is 16.5 Å². The SMILES string of the molecule is NC(Cc1ccc(Cl)cc1)C1(c2ccccc2)CCC1. The molecule has 0 bridgehead atoms. The second-order valence-corrected chi connectivity index (χ2v) is 6.25. The fourth-order valence-corrected chi connectivity index (χ4v) is 3.40. The largest absolute Gasteiger partial charge is 0.327 e. The highest BCUT2D eigenvalue weighted by molar-refractivity contribution is 6.30. The highest BCUT2D eigenvalue weighted by Gasteiger charge is 2.43. The molecule has 1 unspecified atom stereocenters. The van der Waals surface area contributed by atoms with Crippen molar-refractivity contribution in [1.29, 1.82) is 0 Å². The summed E-state index contributed by atoms with van der Waals surface area (Å²) in [5.41, 5.74) is 9.41. The van der Waals surface area contributed by atoms with E-state index in [-0.39, 0.29) is 11.5 Å². The third-order valence-electron chi connectivity index (χ3n) is 4.67. The Bertz CT molecular complexity index is 558. The first kappa shape index (κ1) is 13.7. The molecule has 2 N–H and O–H groups in total. The van der Waals surface area contributed by atoms with E-state index >= 15 is 0 Å². The minimum absolute atomic E-state index is 0.167. The molecule has 2 heteroatoms. The third kappa shape index (κ3) is 2.48. The predicted octanol–water partition coefficient (Wildman–Crippen LogP) is 4.33. The zero-order valence-electron chi connectivity index (χ0n) is 11.6. The van der Waals surface area contributed by atoms with E-state index in [1.54, 1.807) is 0 Å². The van der Waals surface area contributed by atoms with Crippen LogP contribution in [0.3, 0.4) is 0 Å². The Morgan fingerprint density at radius 1 is 1.00 bits per heavy atom. The van der Waals surface area contributed by atoms with Gasteiger partial charge < -0.3 is 5.73 Å². The van der Waals surface area contributed by atoms with Crippen molar-refractivity contribution in [3.8, 4) is 0 Å². The highest BCUT2D eigenvalue weighted by atomic mass is 35.5. The van der Waals surface area contributed by atoms with Crippen molar-refractivity contribution in [3.63, 3.8) is 0 Å². The van der Waals surface area contributed by atoms with Gasteiger partial charge in [-0.1, -0.05) is 60.5 Å². The van der Waals surface area contributed by atoms with Crippen molar-refractivity contribution < 1.29 is 0 Å². The Morgan fingerprint density at radius 2 is 1.65 bits per heavy atom. The van der Waals surface area contributed by atoms with Crippen LogP contribution in [0.5, 0.6) is 0 Å². The van der Waals surface area contributed by atoms with Crippen LogP contribution in [0.15, 0.2) is 54.6 Å². The Morgan fingerprint density at radius 3 is 2.20 bits per heavy atom. The summed E-state index contributed by atoms with van der Waals surface area (Å²) in [4.78, 5) is 0. The summed E-state index contributed by atoms with van der Waals surface area (Å²) in [6.45, 7) is 0. The average Bonchev–Trinajstić information content (AvgIpc) is 2.41. The van der Waals surface area contributed by atoms with E-state index in [0.29, 0.717) is 0 Å². The van der Waals surface area contributed by atoms with Crippen LogP contribution in [-0.2, 0) is 11.8 Å². The molecule has 0 aromatic heterocycles. The van der Waals surface area contributed by atoms with Crippen molar-refractivity contribution in [2.75, 3.05) is 0 Å². The number of hydrogen-bond acceptors (Lipinski definition) is 1. The monoisotopic (exact) mass is 285 g/mol. The number of nitrogens with two attached hydrogens (primary N) is 1. The van der Waals surface area contributed by atoms with Crippen molar-refractivity contribution in [1.82, 2.24) is 0 Å². The van der Waals surface area contributed by atoms with E-state index in [1.165, 1.54) is 30.4 Å². The first-order valence-corrected chi connectivity index (χ1v) is 7.64. The summed E-state index contributed by atoms with van der Waals surface area (Å²) < 4.78 is 0. The van der Waals surface area contributed by atoms with Gasteiger partial charge in [0.25, 0.3) is 0 Å². The van der Waals surface area contributed by atoms with E-state index in [0.717, 1.165) is 11.4 Å². The van der Waals surface area contributed by atoms with Crippen LogP contribution in [0.25, 0.3) is 0 Å². The zero-order chi connectivity index (χ0) is 14.0. The van der Waals surface area contributed by atoms with Crippen molar-refractivity contribution in [3.05, 3.63) is 70.7 Å². The van der Waals surface area contributed by atoms with Crippen molar-refractivity contribution in [2.45, 2.75) is 37.1 Å². The van der Waals surface area contributed by atoms with Crippen molar-refractivity contribution >= 4 is 11.6 Å². The molecule has 0 heterocycles. The molecule has 2 aromatic rings. The molecule has 1 saturated carbocycles. The Hall–Kier alpha value is -1.31. The smallest absolute Gasteiger partial charge is 0.0406 e. The molecule has 1 aliphatic carbocycles. The Kier molecular flexibility index (Phi) is 3.82. The average molecular weight is 286 g/mol. The molecule has 1 nitrogen and oxygen atoms in total. The third-order valence-corrected chi connectivity index (χ3v) is 4.93. The summed E-state index contributed by atoms with van der Waals surface area (Å²) in [5, 5.41) is 0.781. The molecule has 1 atom stereocenters. The number of hydrogen-bond donors (Lipinski definition) is 1. The molecular formula is C18H20ClN. The molecule has 0 spiro atoms. The van der Waals surface area contributed by atoms with Crippen LogP contribution < -0.4 is 5.73 Å². The predicted molar refractivity (Wildman–Crippen MR) is 85.1 cm³/mol. The molecule has 20 heavy (non-hydrogen) atoms. The van der Waals surface area contributed by atoms with Gasteiger partial charge in [0.05, 0.1) is 0 Å². The highest BCUT2D eigenvalue weighted by Crippen LogP contribution is 2.46. The summed E-state index contributed by atoms with van der Waals surface area (Å²) in [6, 6.07) is 19.0. The standard InChI is InChI=1S/C18H20ClN/c19-16-9-7-14(8-10-16)13-17(20)18(11-4-12-18)15-5-2-1-3-6-15/h1-3,5-10,17H,4,11-13,20H2. The lowest BCUT2D eigenvalue weighted by atomic mass is 9.59. The number of benzene rings is 2. The molecule has 2 aromatic carbocycles. The molecule has 1 aliphatic rings. The quantitative estimate of drug-likeness (QED) is 0.889. The fourth-order valence-electron chi connectivity index (χ4n) is 3.27. The minimum atomic E-state index is 0.167. The van der Waals surface area contributed by atoms with Gasteiger partial charge in [-0.15, -0.1) is 0 Å². The van der Waals surface area contributed by atoms with Gasteiger partial charge in [0.1, 0.15) is 0 Å². The normalized spacial score (nSPS) is 18.3. The van der Waals surface area contributed by atoms with Crippen LogP contribution >= 0.6 is 11.6 Å². The van der Waals surface area contributed by atoms with E-state index in [4.69, 9.17) is 17.3 Å². The molecular weight excluding hydrogens is 266 g/mol. The van der Waals surface area contributed by atoms with Crippen LogP contribution in [0.4, 0.5) is 0 Å². The molecule has 0 radical (unpaired) electrons. The van der Waals surface area contributed by atoms with Crippen molar-refractivity contribution in [2.24, 2.45) is 5.73 Å². The molecule has 104 valence electrons. The summed E-state index contributed by atoms with van der Waals surface area (Å²) in [6.07, 6.45) is 4.59. The topological polar surface area (TPSA) is 26.0 Å². The molecule has 3 rings (SSSR count). The lowest BCUT2D eigenvalue weighted by Gasteiger charge is -2.47. The molecule has 0 amide bonds. The Labute approximate surface area is 125 Å². The van der Waals surface area contributed by atoms with E-state index in [9.17, 15) is 0 Å². The second-order valence-electron chi connectivity index (χ2n) is 5.81. The maximum absolute atomic E-state index is 6.58. The van der Waals surface area contributed by atoms with Gasteiger partial charge in [0.2, 0.25) is 0 Å². The van der Waals surface area contributed by atoms with Crippen LogP contribution in [0.2, 0.25) is 5.02 Å². The first-order chi connectivity index (χ1) is 9.71. The summed E-state index contributed by atoms with van der Waals surface area (Å²) >= 11 is 5.94. The van der Waals surface area contributed by atoms with Crippen LogP contribution in [-0.4, -0.2) is 6.04 Å². The van der Waals surface area contributed by atoms with E-state index in [2.05, 4.69) is 42.5 Å². The van der Waals surface area contributed by atoms with Gasteiger partial charge in [0.15, 0.2) is 0 Å². The van der Waals surface area contributed by atoms with Crippen LogP contribution in [0, 0.1) is 0 Å². The molecule has 1 fully saturated rings. The lowest BCUT2D eigenvalue weighted by molar-refractivity contribution is 0.194. The van der Waals surface area contributed by atoms with Gasteiger partial charge in [-0.05, 0) is 42.5 Å². The fraction of sp³-hybridized carbons (Fsp3) is 0.333. The van der Waals surface area contributed by atoms with Gasteiger partial charge in [-0.2, -0.15) is 0 Å². The summed E-state index contributed by atoms with van der Waals surface area (Å²) in [5.74, 6) is 0. The first-order valence-electron chi connectivity index (χ1n) is 7.26. The maximum atomic E-state index is 6.58. The molecule has 0 saturated heterocycles. The number of halogens is 1. The minimum Gasteiger partial charge on any atom is -0.327 e. The van der Waals surface area contributed by atoms with Gasteiger partial charge in [-0.3, -0.25) is 0 Å². The second kappa shape index (κ2) is 5.59. The van der Waals surface area contributed by atoms with Gasteiger partial charge >= 0.3 is 0 Å². The zero-order valence-corrected chi connectivity index (χ0v) is 12.3. The maximum Gasteiger partial charge on any atom is 0.0406 e. The Balaban J connectivity index is 1.81. The number of rotatable bonds is 4. The lowest BCUT2D eigenvalue weighted by Crippen LogP contribution is -2.51. The van der Waals surface area contributed by atoms with E-state index in [1.807, 2.05) is 12.1 Å². The summed E-state index contributed by atoms with van der Waals surface area (Å²) in [7, 11) is 0. The van der Waals surface area contributed by atoms with Crippen LogP contribution in [0.1, 0.15) is 30.4 Å².